The zero-order valence-electron chi connectivity index (χ0n) is 14.5. The smallest absolute Gasteiger partial charge is 0.338 e. The highest BCUT2D eigenvalue weighted by Crippen LogP contribution is 2.16. The normalized spacial score (nSPS) is 11.4. The topological polar surface area (TPSA) is 72.5 Å². The number of nitrogens with one attached hydrogen (secondary N) is 1. The maximum Gasteiger partial charge on any atom is 0.338 e. The van der Waals surface area contributed by atoms with Crippen LogP contribution in [0.5, 0.6) is 0 Å². The number of hydrogen-bond acceptors (Lipinski definition) is 5. The maximum absolute atomic E-state index is 12.3. The Kier molecular flexibility index (Phi) is 5.78. The zero-order chi connectivity index (χ0) is 19.2. The van der Waals surface area contributed by atoms with Crippen molar-refractivity contribution in [2.24, 2.45) is 0 Å². The quantitative estimate of drug-likeness (QED) is 0.508. The molecule has 27 heavy (non-hydrogen) atoms. The van der Waals surface area contributed by atoms with Crippen LogP contribution in [0.15, 0.2) is 72.1 Å². The molecule has 5 nitrogen and oxygen atoms in total. The summed E-state index contributed by atoms with van der Waals surface area (Å²) in [6.45, 7) is 1.54. The molecular weight excluding hydrogens is 362 g/mol. The van der Waals surface area contributed by atoms with E-state index < -0.39 is 12.1 Å². The lowest BCUT2D eigenvalue weighted by Crippen LogP contribution is -2.24. The van der Waals surface area contributed by atoms with E-state index in [0.717, 1.165) is 0 Å². The van der Waals surface area contributed by atoms with Crippen molar-refractivity contribution in [1.29, 1.82) is 0 Å². The van der Waals surface area contributed by atoms with Crippen LogP contribution in [-0.4, -0.2) is 23.8 Å². The molecule has 0 spiro atoms. The summed E-state index contributed by atoms with van der Waals surface area (Å²) < 4.78 is 5.26. The van der Waals surface area contributed by atoms with Gasteiger partial charge in [0.2, 0.25) is 5.78 Å². The molecule has 0 aliphatic rings. The van der Waals surface area contributed by atoms with Gasteiger partial charge < -0.3 is 10.1 Å². The number of thiophene rings is 1. The number of hydrogen-bond donors (Lipinski definition) is 1. The van der Waals surface area contributed by atoms with Gasteiger partial charge in [-0.2, -0.15) is 0 Å². The number of carbonyl (C=O) groups is 3. The minimum atomic E-state index is -0.891. The van der Waals surface area contributed by atoms with Crippen molar-refractivity contribution in [1.82, 2.24) is 0 Å². The van der Waals surface area contributed by atoms with Crippen LogP contribution in [0.1, 0.15) is 37.3 Å². The fourth-order valence-corrected chi connectivity index (χ4v) is 3.03. The maximum atomic E-state index is 12.3. The van der Waals surface area contributed by atoms with E-state index in [0.29, 0.717) is 21.7 Å². The van der Waals surface area contributed by atoms with E-state index >= 15 is 0 Å². The van der Waals surface area contributed by atoms with Crippen LogP contribution in [0.3, 0.4) is 0 Å². The van der Waals surface area contributed by atoms with Gasteiger partial charge in [0, 0.05) is 11.3 Å². The van der Waals surface area contributed by atoms with Crippen molar-refractivity contribution in [2.45, 2.75) is 13.0 Å². The molecular formula is C21H17NO4S. The van der Waals surface area contributed by atoms with Crippen LogP contribution < -0.4 is 5.32 Å². The summed E-state index contributed by atoms with van der Waals surface area (Å²) >= 11 is 1.35. The Balaban J connectivity index is 1.60. The first-order valence-electron chi connectivity index (χ1n) is 8.30. The minimum Gasteiger partial charge on any atom is -0.451 e. The van der Waals surface area contributed by atoms with Gasteiger partial charge in [0.25, 0.3) is 5.91 Å². The Morgan fingerprint density at radius 2 is 1.59 bits per heavy atom. The number of rotatable bonds is 6. The van der Waals surface area contributed by atoms with Gasteiger partial charge in [-0.3, -0.25) is 9.59 Å². The third-order valence-electron chi connectivity index (χ3n) is 3.83. The molecule has 1 aromatic heterocycles. The molecule has 0 saturated heterocycles. The van der Waals surface area contributed by atoms with Gasteiger partial charge in [0.05, 0.1) is 10.4 Å². The first kappa shape index (κ1) is 18.5. The highest BCUT2D eigenvalue weighted by atomic mass is 32.1. The lowest BCUT2D eigenvalue weighted by atomic mass is 10.1. The number of amides is 1. The molecule has 6 heteroatoms. The Bertz CT molecular complexity index is 934. The standard InChI is InChI=1S/C21H17NO4S/c1-14(19(23)15-6-3-2-4-7-15)26-21(25)16-9-11-17(12-10-16)22-20(24)18-8-5-13-27-18/h2-14H,1H3,(H,22,24). The third-order valence-corrected chi connectivity index (χ3v) is 4.70. The van der Waals surface area contributed by atoms with Gasteiger partial charge in [-0.25, -0.2) is 4.79 Å². The molecule has 136 valence electrons. The van der Waals surface area contributed by atoms with Crippen molar-refractivity contribution in [3.8, 4) is 0 Å². The number of esters is 1. The second-order valence-corrected chi connectivity index (χ2v) is 6.73. The fourth-order valence-electron chi connectivity index (χ4n) is 2.41. The van der Waals surface area contributed by atoms with Crippen molar-refractivity contribution in [2.75, 3.05) is 5.32 Å². The fraction of sp³-hybridized carbons (Fsp3) is 0.0952. The van der Waals surface area contributed by atoms with Gasteiger partial charge >= 0.3 is 5.97 Å². The second-order valence-electron chi connectivity index (χ2n) is 5.79. The van der Waals surface area contributed by atoms with E-state index in [1.807, 2.05) is 11.4 Å². The van der Waals surface area contributed by atoms with Gasteiger partial charge in [-0.1, -0.05) is 36.4 Å². The summed E-state index contributed by atoms with van der Waals surface area (Å²) in [6, 6.07) is 18.5. The molecule has 0 saturated carbocycles. The molecule has 1 unspecified atom stereocenters. The predicted octanol–water partition coefficient (Wildman–Crippen LogP) is 4.43. The Morgan fingerprint density at radius 1 is 0.889 bits per heavy atom. The second kappa shape index (κ2) is 8.42. The van der Waals surface area contributed by atoms with Crippen LogP contribution >= 0.6 is 11.3 Å². The Hall–Kier alpha value is -3.25. The first-order valence-corrected chi connectivity index (χ1v) is 9.18. The molecule has 3 aromatic rings. The van der Waals surface area contributed by atoms with Crippen molar-refractivity contribution in [3.63, 3.8) is 0 Å². The SMILES string of the molecule is CC(OC(=O)c1ccc(NC(=O)c2cccs2)cc1)C(=O)c1ccccc1. The molecule has 1 heterocycles. The lowest BCUT2D eigenvalue weighted by molar-refractivity contribution is 0.0319. The molecule has 0 fully saturated rings. The molecule has 0 radical (unpaired) electrons. The van der Waals surface area contributed by atoms with Crippen LogP contribution in [0.2, 0.25) is 0 Å². The summed E-state index contributed by atoms with van der Waals surface area (Å²) in [6.07, 6.45) is -0.891. The molecule has 0 aliphatic carbocycles. The van der Waals surface area contributed by atoms with Crippen LogP contribution in [-0.2, 0) is 4.74 Å². The monoisotopic (exact) mass is 379 g/mol. The molecule has 0 bridgehead atoms. The van der Waals surface area contributed by atoms with Crippen LogP contribution in [0.4, 0.5) is 5.69 Å². The highest BCUT2D eigenvalue weighted by Gasteiger charge is 2.20. The molecule has 0 aliphatic heterocycles. The van der Waals surface area contributed by atoms with E-state index in [9.17, 15) is 14.4 Å². The van der Waals surface area contributed by atoms with Gasteiger partial charge in [0.15, 0.2) is 6.10 Å². The number of anilines is 1. The molecule has 2 aromatic carbocycles. The Labute approximate surface area is 160 Å². The zero-order valence-corrected chi connectivity index (χ0v) is 15.4. The summed E-state index contributed by atoms with van der Waals surface area (Å²) in [7, 11) is 0. The van der Waals surface area contributed by atoms with E-state index in [4.69, 9.17) is 4.74 Å². The molecule has 1 N–H and O–H groups in total. The van der Waals surface area contributed by atoms with Gasteiger partial charge in [-0.15, -0.1) is 11.3 Å². The Morgan fingerprint density at radius 3 is 2.22 bits per heavy atom. The third kappa shape index (κ3) is 4.68. The number of carbonyl (C=O) groups excluding carboxylic acids is 3. The van der Waals surface area contributed by atoms with Crippen molar-refractivity contribution < 1.29 is 19.1 Å². The number of benzene rings is 2. The highest BCUT2D eigenvalue weighted by molar-refractivity contribution is 7.12. The summed E-state index contributed by atoms with van der Waals surface area (Å²) in [5.41, 5.74) is 1.36. The van der Waals surface area contributed by atoms with Crippen LogP contribution in [0, 0.1) is 0 Å². The van der Waals surface area contributed by atoms with Gasteiger partial charge in [0.1, 0.15) is 0 Å². The van der Waals surface area contributed by atoms with E-state index in [2.05, 4.69) is 5.32 Å². The van der Waals surface area contributed by atoms with E-state index in [-0.39, 0.29) is 11.7 Å². The average Bonchev–Trinajstić information content (AvgIpc) is 3.23. The molecule has 3 rings (SSSR count). The largest absolute Gasteiger partial charge is 0.451 e. The average molecular weight is 379 g/mol. The minimum absolute atomic E-state index is 0.206. The first-order chi connectivity index (χ1) is 13.0. The van der Waals surface area contributed by atoms with E-state index in [1.54, 1.807) is 67.6 Å². The predicted molar refractivity (Wildman–Crippen MR) is 104 cm³/mol. The van der Waals surface area contributed by atoms with Gasteiger partial charge in [-0.05, 0) is 42.6 Å². The summed E-state index contributed by atoms with van der Waals surface area (Å²) in [4.78, 5) is 37.1. The summed E-state index contributed by atoms with van der Waals surface area (Å²) in [5, 5.41) is 4.58. The summed E-state index contributed by atoms with van der Waals surface area (Å²) in [5.74, 6) is -1.06. The molecule has 1 amide bonds. The van der Waals surface area contributed by atoms with Crippen LogP contribution in [0.25, 0.3) is 0 Å². The molecule has 1 atom stereocenters. The number of Topliss-reactive ketones (excluding diaryl/α,β-unsaturated/α-hetero) is 1. The number of ether oxygens (including phenoxy) is 1. The number of ketones is 1. The lowest BCUT2D eigenvalue weighted by Gasteiger charge is -2.12. The van der Waals surface area contributed by atoms with Crippen molar-refractivity contribution >= 4 is 34.7 Å². The van der Waals surface area contributed by atoms with Crippen molar-refractivity contribution in [3.05, 3.63) is 88.1 Å². The van der Waals surface area contributed by atoms with E-state index in [1.165, 1.54) is 11.3 Å².